The van der Waals surface area contributed by atoms with Gasteiger partial charge in [-0.1, -0.05) is 23.7 Å². The predicted octanol–water partition coefficient (Wildman–Crippen LogP) is 3.60. The van der Waals surface area contributed by atoms with Gasteiger partial charge in [-0.3, -0.25) is 4.99 Å². The average Bonchev–Trinajstić information content (AvgIpc) is 3.05. The SMILES string of the molecule is CCNC(=NCC(O)c1ccc(Cl)s1)NCC(C)Oc1ccccc1F. The highest BCUT2D eigenvalue weighted by Gasteiger charge is 2.12. The Morgan fingerprint density at radius 1 is 1.31 bits per heavy atom. The first-order valence-electron chi connectivity index (χ1n) is 8.36. The largest absolute Gasteiger partial charge is 0.486 e. The van der Waals surface area contributed by atoms with Gasteiger partial charge in [0.15, 0.2) is 17.5 Å². The number of nitrogens with zero attached hydrogens (tertiary/aromatic N) is 1. The maximum atomic E-state index is 13.6. The lowest BCUT2D eigenvalue weighted by atomic mass is 10.3. The molecule has 0 aliphatic heterocycles. The zero-order chi connectivity index (χ0) is 18.9. The summed E-state index contributed by atoms with van der Waals surface area (Å²) < 4.78 is 19.8. The maximum Gasteiger partial charge on any atom is 0.191 e. The first-order chi connectivity index (χ1) is 12.5. The number of hydrogen-bond acceptors (Lipinski definition) is 4. The molecular weight excluding hydrogens is 377 g/mol. The molecule has 1 heterocycles. The van der Waals surface area contributed by atoms with Crippen LogP contribution in [-0.2, 0) is 0 Å². The smallest absolute Gasteiger partial charge is 0.191 e. The summed E-state index contributed by atoms with van der Waals surface area (Å²) in [4.78, 5) is 5.14. The number of hydrogen-bond donors (Lipinski definition) is 3. The van der Waals surface area contributed by atoms with Crippen LogP contribution in [0, 0.1) is 5.82 Å². The van der Waals surface area contributed by atoms with E-state index >= 15 is 0 Å². The Bertz CT molecular complexity index is 726. The van der Waals surface area contributed by atoms with Crippen molar-refractivity contribution in [1.82, 2.24) is 10.6 Å². The molecule has 0 spiro atoms. The van der Waals surface area contributed by atoms with Crippen LogP contribution >= 0.6 is 22.9 Å². The van der Waals surface area contributed by atoms with Crippen LogP contribution < -0.4 is 15.4 Å². The molecule has 8 heteroatoms. The molecule has 0 saturated carbocycles. The number of nitrogens with one attached hydrogen (secondary N) is 2. The van der Waals surface area contributed by atoms with Crippen LogP contribution in [0.15, 0.2) is 41.4 Å². The fraction of sp³-hybridized carbons (Fsp3) is 0.389. The summed E-state index contributed by atoms with van der Waals surface area (Å²) in [6.07, 6.45) is -0.980. The highest BCUT2D eigenvalue weighted by molar-refractivity contribution is 7.16. The van der Waals surface area contributed by atoms with E-state index in [-0.39, 0.29) is 18.4 Å². The van der Waals surface area contributed by atoms with E-state index in [1.165, 1.54) is 17.4 Å². The number of aliphatic hydroxyl groups is 1. The summed E-state index contributed by atoms with van der Waals surface area (Å²) in [5, 5.41) is 16.4. The van der Waals surface area contributed by atoms with Gasteiger partial charge in [-0.15, -0.1) is 11.3 Å². The molecule has 0 amide bonds. The van der Waals surface area contributed by atoms with Gasteiger partial charge < -0.3 is 20.5 Å². The van der Waals surface area contributed by atoms with Gasteiger partial charge in [0.2, 0.25) is 0 Å². The Kier molecular flexibility index (Phi) is 8.15. The van der Waals surface area contributed by atoms with Crippen molar-refractivity contribution < 1.29 is 14.2 Å². The molecular formula is C18H23ClFN3O2S. The minimum Gasteiger partial charge on any atom is -0.486 e. The number of aliphatic imine (C=N–C) groups is 1. The topological polar surface area (TPSA) is 65.9 Å². The van der Waals surface area contributed by atoms with Gasteiger partial charge in [0.25, 0.3) is 0 Å². The van der Waals surface area contributed by atoms with Crippen LogP contribution in [0.4, 0.5) is 4.39 Å². The van der Waals surface area contributed by atoms with Gasteiger partial charge in [-0.05, 0) is 38.1 Å². The Balaban J connectivity index is 1.87. The Morgan fingerprint density at radius 2 is 2.08 bits per heavy atom. The Labute approximate surface area is 161 Å². The van der Waals surface area contributed by atoms with Gasteiger partial charge in [0.1, 0.15) is 12.2 Å². The molecule has 2 unspecified atom stereocenters. The van der Waals surface area contributed by atoms with Gasteiger partial charge in [-0.2, -0.15) is 0 Å². The van der Waals surface area contributed by atoms with E-state index in [9.17, 15) is 9.50 Å². The van der Waals surface area contributed by atoms with Crippen molar-refractivity contribution in [2.75, 3.05) is 19.6 Å². The molecule has 2 atom stereocenters. The summed E-state index contributed by atoms with van der Waals surface area (Å²) in [5.74, 6) is 0.379. The molecule has 26 heavy (non-hydrogen) atoms. The highest BCUT2D eigenvalue weighted by atomic mass is 35.5. The van der Waals surface area contributed by atoms with E-state index in [0.29, 0.717) is 23.4 Å². The Morgan fingerprint density at radius 3 is 2.73 bits per heavy atom. The quantitative estimate of drug-likeness (QED) is 0.468. The summed E-state index contributed by atoms with van der Waals surface area (Å²) in [6, 6.07) is 9.83. The Hall–Kier alpha value is -1.83. The average molecular weight is 400 g/mol. The number of para-hydroxylation sites is 1. The lowest BCUT2D eigenvalue weighted by Crippen LogP contribution is -2.42. The lowest BCUT2D eigenvalue weighted by molar-refractivity contribution is 0.190. The number of ether oxygens (including phenoxy) is 1. The molecule has 2 aromatic rings. The third-order valence-electron chi connectivity index (χ3n) is 3.41. The number of benzene rings is 1. The highest BCUT2D eigenvalue weighted by Crippen LogP contribution is 2.26. The van der Waals surface area contributed by atoms with Gasteiger partial charge in [0.05, 0.1) is 17.4 Å². The van der Waals surface area contributed by atoms with Crippen molar-refractivity contribution >= 4 is 28.9 Å². The van der Waals surface area contributed by atoms with Gasteiger partial charge in [0, 0.05) is 11.4 Å². The van der Waals surface area contributed by atoms with E-state index in [4.69, 9.17) is 16.3 Å². The first-order valence-corrected chi connectivity index (χ1v) is 9.55. The third-order valence-corrected chi connectivity index (χ3v) is 4.74. The van der Waals surface area contributed by atoms with Crippen LogP contribution in [0.2, 0.25) is 4.34 Å². The van der Waals surface area contributed by atoms with Crippen molar-refractivity contribution in [3.63, 3.8) is 0 Å². The fourth-order valence-electron chi connectivity index (χ4n) is 2.16. The minimum atomic E-state index is -0.713. The number of aliphatic hydroxyl groups excluding tert-OH is 1. The summed E-state index contributed by atoms with van der Waals surface area (Å²) in [6.45, 7) is 5.10. The van der Waals surface area contributed by atoms with Crippen molar-refractivity contribution in [2.24, 2.45) is 4.99 Å². The van der Waals surface area contributed by atoms with Crippen LogP contribution in [0.5, 0.6) is 5.75 Å². The third kappa shape index (κ3) is 6.48. The first kappa shape index (κ1) is 20.5. The molecule has 3 N–H and O–H groups in total. The molecule has 2 rings (SSSR count). The lowest BCUT2D eigenvalue weighted by Gasteiger charge is -2.18. The van der Waals surface area contributed by atoms with E-state index < -0.39 is 11.9 Å². The number of thiophene rings is 1. The second kappa shape index (κ2) is 10.4. The molecule has 5 nitrogen and oxygen atoms in total. The number of rotatable bonds is 8. The summed E-state index contributed by atoms with van der Waals surface area (Å²) in [5.41, 5.74) is 0. The van der Waals surface area contributed by atoms with Crippen LogP contribution in [0.1, 0.15) is 24.8 Å². The van der Waals surface area contributed by atoms with Crippen molar-refractivity contribution in [2.45, 2.75) is 26.1 Å². The molecule has 0 aliphatic carbocycles. The normalized spacial score (nSPS) is 14.0. The van der Waals surface area contributed by atoms with Crippen LogP contribution in [0.3, 0.4) is 0 Å². The number of guanidine groups is 1. The molecule has 0 fully saturated rings. The maximum absolute atomic E-state index is 13.6. The predicted molar refractivity (Wildman–Crippen MR) is 105 cm³/mol. The van der Waals surface area contributed by atoms with Gasteiger partial charge in [-0.25, -0.2) is 4.39 Å². The molecule has 1 aromatic heterocycles. The van der Waals surface area contributed by atoms with Crippen LogP contribution in [0.25, 0.3) is 0 Å². The summed E-state index contributed by atoms with van der Waals surface area (Å²) in [7, 11) is 0. The molecule has 0 aliphatic rings. The second-order valence-corrected chi connectivity index (χ2v) is 7.36. The van der Waals surface area contributed by atoms with E-state index in [1.807, 2.05) is 13.8 Å². The standard InChI is InChI=1S/C18H23ClFN3O2S/c1-3-21-18(23-11-14(24)16-8-9-17(19)26-16)22-10-12(2)25-15-7-5-4-6-13(15)20/h4-9,12,14,24H,3,10-11H2,1-2H3,(H2,21,22,23). The zero-order valence-corrected chi connectivity index (χ0v) is 16.3. The summed E-state index contributed by atoms with van der Waals surface area (Å²) >= 11 is 7.22. The van der Waals surface area contributed by atoms with E-state index in [0.717, 1.165) is 4.88 Å². The van der Waals surface area contributed by atoms with E-state index in [2.05, 4.69) is 15.6 Å². The fourth-order valence-corrected chi connectivity index (χ4v) is 3.19. The number of halogens is 2. The van der Waals surface area contributed by atoms with Crippen LogP contribution in [-0.4, -0.2) is 36.8 Å². The monoisotopic (exact) mass is 399 g/mol. The molecule has 0 radical (unpaired) electrons. The molecule has 1 aromatic carbocycles. The van der Waals surface area contributed by atoms with Crippen molar-refractivity contribution in [3.8, 4) is 5.75 Å². The minimum absolute atomic E-state index is 0.203. The van der Waals surface area contributed by atoms with Gasteiger partial charge >= 0.3 is 0 Å². The molecule has 142 valence electrons. The van der Waals surface area contributed by atoms with E-state index in [1.54, 1.807) is 30.3 Å². The second-order valence-electron chi connectivity index (χ2n) is 5.62. The van der Waals surface area contributed by atoms with Crippen molar-refractivity contribution in [1.29, 1.82) is 0 Å². The molecule has 0 bridgehead atoms. The molecule has 0 saturated heterocycles. The zero-order valence-electron chi connectivity index (χ0n) is 14.7. The van der Waals surface area contributed by atoms with Crippen molar-refractivity contribution in [3.05, 3.63) is 51.4 Å².